The Labute approximate surface area is 92.4 Å². The minimum absolute atomic E-state index is 0.361. The van der Waals surface area contributed by atoms with E-state index in [9.17, 15) is 8.78 Å². The molecule has 0 radical (unpaired) electrons. The standard InChI is InChI=1S/C12H13F2NO/c13-8-6-9(14)10(12(15)3-1-4-12)11-7(8)2-5-16-11/h6H,1-5,15H2. The summed E-state index contributed by atoms with van der Waals surface area (Å²) in [6.07, 6.45) is 2.98. The van der Waals surface area contributed by atoms with E-state index in [0.29, 0.717) is 29.9 Å². The van der Waals surface area contributed by atoms with Gasteiger partial charge in [0, 0.05) is 23.6 Å². The number of hydrogen-bond donors (Lipinski definition) is 1. The topological polar surface area (TPSA) is 35.2 Å². The van der Waals surface area contributed by atoms with E-state index in [0.717, 1.165) is 25.3 Å². The second kappa shape index (κ2) is 3.17. The van der Waals surface area contributed by atoms with Crippen molar-refractivity contribution in [3.63, 3.8) is 0 Å². The molecule has 1 heterocycles. The van der Waals surface area contributed by atoms with E-state index in [4.69, 9.17) is 10.5 Å². The van der Waals surface area contributed by atoms with Gasteiger partial charge in [-0.2, -0.15) is 0 Å². The summed E-state index contributed by atoms with van der Waals surface area (Å²) < 4.78 is 32.7. The fourth-order valence-electron chi connectivity index (χ4n) is 2.56. The molecule has 0 bridgehead atoms. The summed E-state index contributed by atoms with van der Waals surface area (Å²) in [4.78, 5) is 0. The number of rotatable bonds is 1. The number of nitrogens with two attached hydrogens (primary N) is 1. The van der Waals surface area contributed by atoms with Gasteiger partial charge in [0.1, 0.15) is 17.4 Å². The fourth-order valence-corrected chi connectivity index (χ4v) is 2.56. The summed E-state index contributed by atoms with van der Waals surface area (Å²) in [5.74, 6) is -0.725. The van der Waals surface area contributed by atoms with Crippen LogP contribution in [0.5, 0.6) is 5.75 Å². The van der Waals surface area contributed by atoms with Crippen LogP contribution in [-0.2, 0) is 12.0 Å². The summed E-state index contributed by atoms with van der Waals surface area (Å²) in [6, 6.07) is 0.940. The normalized spacial score (nSPS) is 21.2. The van der Waals surface area contributed by atoms with Gasteiger partial charge in [0.15, 0.2) is 0 Å². The molecule has 1 saturated carbocycles. The second-order valence-electron chi connectivity index (χ2n) is 4.63. The first-order valence-corrected chi connectivity index (χ1v) is 5.55. The smallest absolute Gasteiger partial charge is 0.134 e. The zero-order chi connectivity index (χ0) is 11.3. The Kier molecular flexibility index (Phi) is 1.98. The number of fused-ring (bicyclic) bond motifs is 1. The highest BCUT2D eigenvalue weighted by molar-refractivity contribution is 5.50. The van der Waals surface area contributed by atoms with Gasteiger partial charge in [0.2, 0.25) is 0 Å². The van der Waals surface area contributed by atoms with Crippen LogP contribution in [0.15, 0.2) is 6.07 Å². The molecule has 1 aromatic carbocycles. The molecule has 16 heavy (non-hydrogen) atoms. The van der Waals surface area contributed by atoms with Crippen LogP contribution < -0.4 is 10.5 Å². The van der Waals surface area contributed by atoms with Gasteiger partial charge in [-0.05, 0) is 19.3 Å². The van der Waals surface area contributed by atoms with Crippen LogP contribution >= 0.6 is 0 Å². The van der Waals surface area contributed by atoms with E-state index in [1.54, 1.807) is 0 Å². The third kappa shape index (κ3) is 1.19. The highest BCUT2D eigenvalue weighted by Crippen LogP contribution is 2.47. The van der Waals surface area contributed by atoms with Crippen LogP contribution in [0.25, 0.3) is 0 Å². The first-order chi connectivity index (χ1) is 7.62. The van der Waals surface area contributed by atoms with Crippen LogP contribution in [0.3, 0.4) is 0 Å². The lowest BCUT2D eigenvalue weighted by molar-refractivity contribution is 0.232. The molecule has 0 aromatic heterocycles. The molecular formula is C12H13F2NO. The maximum atomic E-state index is 13.8. The Balaban J connectivity index is 2.21. The number of benzene rings is 1. The van der Waals surface area contributed by atoms with E-state index in [1.807, 2.05) is 0 Å². The molecule has 0 spiro atoms. The van der Waals surface area contributed by atoms with Crippen molar-refractivity contribution in [1.29, 1.82) is 0 Å². The van der Waals surface area contributed by atoms with Crippen molar-refractivity contribution in [2.24, 2.45) is 5.73 Å². The van der Waals surface area contributed by atoms with Crippen molar-refractivity contribution in [2.75, 3.05) is 6.61 Å². The number of halogens is 2. The van der Waals surface area contributed by atoms with Crippen LogP contribution in [0.2, 0.25) is 0 Å². The van der Waals surface area contributed by atoms with E-state index >= 15 is 0 Å². The monoisotopic (exact) mass is 225 g/mol. The molecule has 2 N–H and O–H groups in total. The Morgan fingerprint density at radius 2 is 2.00 bits per heavy atom. The lowest BCUT2D eigenvalue weighted by Gasteiger charge is -2.39. The molecule has 86 valence electrons. The highest BCUT2D eigenvalue weighted by atomic mass is 19.1. The lowest BCUT2D eigenvalue weighted by atomic mass is 9.72. The second-order valence-corrected chi connectivity index (χ2v) is 4.63. The molecule has 2 nitrogen and oxygen atoms in total. The van der Waals surface area contributed by atoms with Gasteiger partial charge < -0.3 is 10.5 Å². The van der Waals surface area contributed by atoms with Crippen molar-refractivity contribution < 1.29 is 13.5 Å². The molecule has 4 heteroatoms. The van der Waals surface area contributed by atoms with Gasteiger partial charge in [-0.3, -0.25) is 0 Å². The van der Waals surface area contributed by atoms with Gasteiger partial charge in [-0.1, -0.05) is 0 Å². The first kappa shape index (κ1) is 10.0. The maximum Gasteiger partial charge on any atom is 0.134 e. The van der Waals surface area contributed by atoms with E-state index in [2.05, 4.69) is 0 Å². The highest BCUT2D eigenvalue weighted by Gasteiger charge is 2.41. The molecule has 2 aliphatic rings. The Bertz CT molecular complexity index is 455. The van der Waals surface area contributed by atoms with Crippen LogP contribution in [0.1, 0.15) is 30.4 Å². The average Bonchev–Trinajstić information content (AvgIpc) is 2.63. The minimum atomic E-state index is -0.647. The van der Waals surface area contributed by atoms with Crippen LogP contribution in [0, 0.1) is 11.6 Å². The van der Waals surface area contributed by atoms with Crippen molar-refractivity contribution >= 4 is 0 Å². The fraction of sp³-hybridized carbons (Fsp3) is 0.500. The van der Waals surface area contributed by atoms with E-state index < -0.39 is 17.2 Å². The lowest BCUT2D eigenvalue weighted by Crippen LogP contribution is -2.44. The maximum absolute atomic E-state index is 13.8. The SMILES string of the molecule is NC1(c2c(F)cc(F)c3c2OCC3)CCC1. The summed E-state index contributed by atoms with van der Waals surface area (Å²) in [7, 11) is 0. The van der Waals surface area contributed by atoms with Crippen molar-refractivity contribution in [3.05, 3.63) is 28.8 Å². The third-order valence-corrected chi connectivity index (χ3v) is 3.62. The quantitative estimate of drug-likeness (QED) is 0.795. The van der Waals surface area contributed by atoms with Crippen molar-refractivity contribution in [1.82, 2.24) is 0 Å². The Morgan fingerprint density at radius 3 is 2.62 bits per heavy atom. The molecular weight excluding hydrogens is 212 g/mol. The summed E-state index contributed by atoms with van der Waals surface area (Å²) in [5.41, 5.74) is 6.32. The van der Waals surface area contributed by atoms with Crippen molar-refractivity contribution in [2.45, 2.75) is 31.2 Å². The average molecular weight is 225 g/mol. The van der Waals surface area contributed by atoms with Gasteiger partial charge in [-0.15, -0.1) is 0 Å². The van der Waals surface area contributed by atoms with Crippen molar-refractivity contribution in [3.8, 4) is 5.75 Å². The van der Waals surface area contributed by atoms with Gasteiger partial charge in [0.05, 0.1) is 12.2 Å². The molecule has 0 saturated heterocycles. The van der Waals surface area contributed by atoms with Crippen LogP contribution in [0.4, 0.5) is 8.78 Å². The number of ether oxygens (including phenoxy) is 1. The first-order valence-electron chi connectivity index (χ1n) is 5.55. The minimum Gasteiger partial charge on any atom is -0.492 e. The molecule has 1 fully saturated rings. The molecule has 1 aromatic rings. The molecule has 0 amide bonds. The zero-order valence-corrected chi connectivity index (χ0v) is 8.85. The molecule has 0 unspecified atom stereocenters. The summed E-state index contributed by atoms with van der Waals surface area (Å²) in [5, 5.41) is 0. The van der Waals surface area contributed by atoms with Gasteiger partial charge in [0.25, 0.3) is 0 Å². The van der Waals surface area contributed by atoms with E-state index in [-0.39, 0.29) is 0 Å². The zero-order valence-electron chi connectivity index (χ0n) is 8.85. The molecule has 1 aliphatic carbocycles. The Morgan fingerprint density at radius 1 is 1.25 bits per heavy atom. The largest absolute Gasteiger partial charge is 0.492 e. The summed E-state index contributed by atoms with van der Waals surface area (Å²) in [6.45, 7) is 0.415. The Hall–Kier alpha value is -1.16. The molecule has 1 aliphatic heterocycles. The third-order valence-electron chi connectivity index (χ3n) is 3.62. The van der Waals surface area contributed by atoms with Gasteiger partial charge in [-0.25, -0.2) is 8.78 Å². The van der Waals surface area contributed by atoms with Crippen LogP contribution in [-0.4, -0.2) is 6.61 Å². The molecule has 3 rings (SSSR count). The van der Waals surface area contributed by atoms with E-state index in [1.165, 1.54) is 0 Å². The predicted molar refractivity (Wildman–Crippen MR) is 55.3 cm³/mol. The van der Waals surface area contributed by atoms with Gasteiger partial charge >= 0.3 is 0 Å². The molecule has 0 atom stereocenters. The predicted octanol–water partition coefficient (Wildman–Crippen LogP) is 2.24. The number of hydrogen-bond acceptors (Lipinski definition) is 2. The summed E-state index contributed by atoms with van der Waals surface area (Å²) >= 11 is 0.